The van der Waals surface area contributed by atoms with Gasteiger partial charge in [-0.25, -0.2) is 0 Å². The fourth-order valence-electron chi connectivity index (χ4n) is 1.04. The van der Waals surface area contributed by atoms with Gasteiger partial charge in [0.2, 0.25) is 0 Å². The van der Waals surface area contributed by atoms with Crippen molar-refractivity contribution in [3.63, 3.8) is 0 Å². The minimum Gasteiger partial charge on any atom is -0.496 e. The largest absolute Gasteiger partial charge is 0.496 e. The van der Waals surface area contributed by atoms with Crippen LogP contribution in [0.25, 0.3) is 0 Å². The van der Waals surface area contributed by atoms with Gasteiger partial charge in [-0.15, -0.1) is 0 Å². The Balaban J connectivity index is 3.18. The van der Waals surface area contributed by atoms with Crippen molar-refractivity contribution < 1.29 is 9.84 Å². The summed E-state index contributed by atoms with van der Waals surface area (Å²) in [4.78, 5) is 0. The Morgan fingerprint density at radius 2 is 2.17 bits per heavy atom. The minimum atomic E-state index is 0.0250. The van der Waals surface area contributed by atoms with Gasteiger partial charge in [0.05, 0.1) is 13.7 Å². The molecule has 1 N–H and O–H groups in total. The molecule has 0 aromatic heterocycles. The molecule has 0 aliphatic rings. The first kappa shape index (κ1) is 9.55. The first-order chi connectivity index (χ1) is 5.69. The first-order valence-corrected chi connectivity index (χ1v) is 4.42. The van der Waals surface area contributed by atoms with Crippen LogP contribution >= 0.6 is 15.9 Å². The van der Waals surface area contributed by atoms with E-state index in [2.05, 4.69) is 15.9 Å². The van der Waals surface area contributed by atoms with E-state index in [4.69, 9.17) is 9.84 Å². The van der Waals surface area contributed by atoms with Crippen LogP contribution in [0.3, 0.4) is 0 Å². The van der Waals surface area contributed by atoms with E-state index >= 15 is 0 Å². The molecule has 3 heteroatoms. The highest BCUT2D eigenvalue weighted by Crippen LogP contribution is 2.26. The number of rotatable bonds is 2. The van der Waals surface area contributed by atoms with E-state index in [1.54, 1.807) is 7.11 Å². The highest BCUT2D eigenvalue weighted by molar-refractivity contribution is 9.10. The first-order valence-electron chi connectivity index (χ1n) is 3.63. The van der Waals surface area contributed by atoms with Crippen molar-refractivity contribution in [1.82, 2.24) is 0 Å². The van der Waals surface area contributed by atoms with E-state index < -0.39 is 0 Å². The number of aliphatic hydroxyl groups is 1. The van der Waals surface area contributed by atoms with Crippen LogP contribution in [0.15, 0.2) is 16.6 Å². The van der Waals surface area contributed by atoms with E-state index in [1.165, 1.54) is 0 Å². The molecule has 1 aromatic carbocycles. The number of halogens is 1. The monoisotopic (exact) mass is 230 g/mol. The zero-order valence-electron chi connectivity index (χ0n) is 7.10. The predicted octanol–water partition coefficient (Wildman–Crippen LogP) is 2.26. The molecule has 2 nitrogen and oxygen atoms in total. The summed E-state index contributed by atoms with van der Waals surface area (Å²) in [5, 5.41) is 8.94. The van der Waals surface area contributed by atoms with E-state index in [0.717, 1.165) is 21.3 Å². The fraction of sp³-hybridized carbons (Fsp3) is 0.333. The maximum absolute atomic E-state index is 8.94. The predicted molar refractivity (Wildman–Crippen MR) is 51.4 cm³/mol. The zero-order chi connectivity index (χ0) is 9.14. The van der Waals surface area contributed by atoms with Crippen molar-refractivity contribution in [2.24, 2.45) is 0 Å². The summed E-state index contributed by atoms with van der Waals surface area (Å²) in [6.07, 6.45) is 0. The van der Waals surface area contributed by atoms with Crippen LogP contribution < -0.4 is 4.74 Å². The van der Waals surface area contributed by atoms with Crippen molar-refractivity contribution in [2.75, 3.05) is 7.11 Å². The molecule has 0 aliphatic heterocycles. The summed E-state index contributed by atoms with van der Waals surface area (Å²) in [5.41, 5.74) is 1.90. The average Bonchev–Trinajstić information content (AvgIpc) is 2.05. The molecule has 0 heterocycles. The van der Waals surface area contributed by atoms with Gasteiger partial charge in [0.15, 0.2) is 0 Å². The van der Waals surface area contributed by atoms with Gasteiger partial charge in [-0.1, -0.05) is 15.9 Å². The molecule has 0 aliphatic carbocycles. The van der Waals surface area contributed by atoms with Crippen LogP contribution in [-0.2, 0) is 6.61 Å². The Labute approximate surface area is 80.3 Å². The summed E-state index contributed by atoms with van der Waals surface area (Å²) >= 11 is 3.36. The standard InChI is InChI=1S/C9H11BrO2/c1-6-3-8(10)7(5-11)4-9(6)12-2/h3-4,11H,5H2,1-2H3. The molecule has 1 rings (SSSR count). The second kappa shape index (κ2) is 3.92. The maximum Gasteiger partial charge on any atom is 0.122 e. The molecule has 0 atom stereocenters. The number of ether oxygens (including phenoxy) is 1. The van der Waals surface area contributed by atoms with Gasteiger partial charge in [0, 0.05) is 4.47 Å². The van der Waals surface area contributed by atoms with Crippen LogP contribution in [0.4, 0.5) is 0 Å². The van der Waals surface area contributed by atoms with Gasteiger partial charge in [-0.2, -0.15) is 0 Å². The fourth-order valence-corrected chi connectivity index (χ4v) is 1.62. The topological polar surface area (TPSA) is 29.5 Å². The lowest BCUT2D eigenvalue weighted by molar-refractivity contribution is 0.280. The smallest absolute Gasteiger partial charge is 0.122 e. The number of benzene rings is 1. The second-order valence-electron chi connectivity index (χ2n) is 2.57. The van der Waals surface area contributed by atoms with E-state index in [1.807, 2.05) is 19.1 Å². The SMILES string of the molecule is COc1cc(CO)c(Br)cc1C. The Bertz CT molecular complexity index is 259. The molecular weight excluding hydrogens is 220 g/mol. The van der Waals surface area contributed by atoms with Gasteiger partial charge in [0.25, 0.3) is 0 Å². The molecule has 0 bridgehead atoms. The summed E-state index contributed by atoms with van der Waals surface area (Å²) in [7, 11) is 1.62. The van der Waals surface area contributed by atoms with Crippen molar-refractivity contribution in [3.8, 4) is 5.75 Å². The summed E-state index contributed by atoms with van der Waals surface area (Å²) in [6, 6.07) is 3.77. The van der Waals surface area contributed by atoms with Gasteiger partial charge in [-0.3, -0.25) is 0 Å². The van der Waals surface area contributed by atoms with Crippen LogP contribution in [-0.4, -0.2) is 12.2 Å². The Kier molecular flexibility index (Phi) is 3.12. The number of methoxy groups -OCH3 is 1. The summed E-state index contributed by atoms with van der Waals surface area (Å²) in [6.45, 7) is 1.99. The summed E-state index contributed by atoms with van der Waals surface area (Å²) < 4.78 is 6.03. The zero-order valence-corrected chi connectivity index (χ0v) is 8.68. The average molecular weight is 231 g/mol. The molecule has 0 unspecified atom stereocenters. The van der Waals surface area contributed by atoms with E-state index in [9.17, 15) is 0 Å². The minimum absolute atomic E-state index is 0.0250. The van der Waals surface area contributed by atoms with E-state index in [0.29, 0.717) is 0 Å². The molecule has 0 radical (unpaired) electrons. The Hall–Kier alpha value is -0.540. The molecule has 66 valence electrons. The number of hydrogen-bond donors (Lipinski definition) is 1. The van der Waals surface area contributed by atoms with Crippen LogP contribution in [0.2, 0.25) is 0 Å². The van der Waals surface area contributed by atoms with Crippen molar-refractivity contribution in [1.29, 1.82) is 0 Å². The highest BCUT2D eigenvalue weighted by Gasteiger charge is 2.04. The highest BCUT2D eigenvalue weighted by atomic mass is 79.9. The molecule has 1 aromatic rings. The van der Waals surface area contributed by atoms with Crippen LogP contribution in [0.5, 0.6) is 5.75 Å². The molecule has 12 heavy (non-hydrogen) atoms. The quantitative estimate of drug-likeness (QED) is 0.845. The molecular formula is C9H11BrO2. The number of hydrogen-bond acceptors (Lipinski definition) is 2. The third-order valence-electron chi connectivity index (χ3n) is 1.73. The molecule has 0 spiro atoms. The number of aliphatic hydroxyl groups excluding tert-OH is 1. The Morgan fingerprint density at radius 1 is 1.50 bits per heavy atom. The third kappa shape index (κ3) is 1.79. The van der Waals surface area contributed by atoms with Crippen LogP contribution in [0.1, 0.15) is 11.1 Å². The van der Waals surface area contributed by atoms with Gasteiger partial charge < -0.3 is 9.84 Å². The van der Waals surface area contributed by atoms with Crippen molar-refractivity contribution in [3.05, 3.63) is 27.7 Å². The molecule has 0 saturated carbocycles. The van der Waals surface area contributed by atoms with Crippen molar-refractivity contribution in [2.45, 2.75) is 13.5 Å². The van der Waals surface area contributed by atoms with Gasteiger partial charge in [-0.05, 0) is 30.2 Å². The maximum atomic E-state index is 8.94. The lowest BCUT2D eigenvalue weighted by atomic mass is 10.1. The normalized spacial score (nSPS) is 10.0. The van der Waals surface area contributed by atoms with Crippen LogP contribution in [0, 0.1) is 6.92 Å². The second-order valence-corrected chi connectivity index (χ2v) is 3.43. The van der Waals surface area contributed by atoms with Gasteiger partial charge >= 0.3 is 0 Å². The molecule has 0 fully saturated rings. The third-order valence-corrected chi connectivity index (χ3v) is 2.47. The summed E-state index contributed by atoms with van der Waals surface area (Å²) in [5.74, 6) is 0.808. The number of aryl methyl sites for hydroxylation is 1. The van der Waals surface area contributed by atoms with Crippen molar-refractivity contribution >= 4 is 15.9 Å². The van der Waals surface area contributed by atoms with E-state index in [-0.39, 0.29) is 6.61 Å². The Morgan fingerprint density at radius 3 is 2.67 bits per heavy atom. The lowest BCUT2D eigenvalue weighted by Crippen LogP contribution is -1.91. The van der Waals surface area contributed by atoms with Gasteiger partial charge in [0.1, 0.15) is 5.75 Å². The molecule has 0 amide bonds. The molecule has 0 saturated heterocycles. The lowest BCUT2D eigenvalue weighted by Gasteiger charge is -2.07.